The molecule has 3 rings (SSSR count). The van der Waals surface area contributed by atoms with Crippen LogP contribution in [0.1, 0.15) is 55.6 Å². The van der Waals surface area contributed by atoms with Crippen LogP contribution in [0, 0.1) is 5.92 Å². The zero-order chi connectivity index (χ0) is 14.7. The average molecular weight is 287 g/mol. The van der Waals surface area contributed by atoms with Gasteiger partial charge in [-0.05, 0) is 48.6 Å². The Balaban J connectivity index is 1.46. The van der Waals surface area contributed by atoms with Gasteiger partial charge in [0.25, 0.3) is 0 Å². The van der Waals surface area contributed by atoms with E-state index >= 15 is 0 Å². The number of carbonyl (C=O) groups excluding carboxylic acids is 1. The van der Waals surface area contributed by atoms with Gasteiger partial charge in [-0.15, -0.1) is 0 Å². The molecule has 0 bridgehead atoms. The Labute approximate surface area is 126 Å². The van der Waals surface area contributed by atoms with E-state index < -0.39 is 0 Å². The minimum Gasteiger partial charge on any atom is -0.391 e. The number of rotatable bonds is 5. The SMILES string of the molecule is O=C(CC1CCc2ccccc21)NCC(O)C1CCCC1. The molecule has 1 fully saturated rings. The van der Waals surface area contributed by atoms with Crippen molar-refractivity contribution >= 4 is 5.91 Å². The lowest BCUT2D eigenvalue weighted by molar-refractivity contribution is -0.122. The smallest absolute Gasteiger partial charge is 0.220 e. The first-order chi connectivity index (χ1) is 10.2. The van der Waals surface area contributed by atoms with E-state index in [1.165, 1.54) is 24.0 Å². The van der Waals surface area contributed by atoms with E-state index in [1.807, 2.05) is 0 Å². The molecule has 2 N–H and O–H groups in total. The molecule has 0 aliphatic heterocycles. The Bertz CT molecular complexity index is 494. The number of hydrogen-bond acceptors (Lipinski definition) is 2. The molecule has 0 aromatic heterocycles. The summed E-state index contributed by atoms with van der Waals surface area (Å²) in [4.78, 5) is 12.1. The fourth-order valence-electron chi connectivity index (χ4n) is 3.88. The molecule has 1 amide bonds. The Kier molecular flexibility index (Phi) is 4.59. The van der Waals surface area contributed by atoms with E-state index in [1.54, 1.807) is 0 Å². The first-order valence-corrected chi connectivity index (χ1v) is 8.26. The Hall–Kier alpha value is -1.35. The summed E-state index contributed by atoms with van der Waals surface area (Å²) < 4.78 is 0. The highest BCUT2D eigenvalue weighted by Crippen LogP contribution is 2.35. The van der Waals surface area contributed by atoms with Gasteiger partial charge in [0.1, 0.15) is 0 Å². The first-order valence-electron chi connectivity index (χ1n) is 8.26. The number of benzene rings is 1. The predicted octanol–water partition coefficient (Wildman–Crippen LogP) is 2.77. The van der Waals surface area contributed by atoms with Crippen molar-refractivity contribution in [2.45, 2.75) is 57.0 Å². The quantitative estimate of drug-likeness (QED) is 0.875. The van der Waals surface area contributed by atoms with Crippen LogP contribution in [0.15, 0.2) is 24.3 Å². The molecule has 1 aromatic rings. The minimum absolute atomic E-state index is 0.0775. The van der Waals surface area contributed by atoms with E-state index in [2.05, 4.69) is 29.6 Å². The number of carbonyl (C=O) groups is 1. The van der Waals surface area contributed by atoms with E-state index in [0.29, 0.717) is 24.8 Å². The normalized spacial score (nSPS) is 23.0. The van der Waals surface area contributed by atoms with Crippen LogP contribution in [0.3, 0.4) is 0 Å². The van der Waals surface area contributed by atoms with Crippen LogP contribution in [0.25, 0.3) is 0 Å². The monoisotopic (exact) mass is 287 g/mol. The molecular weight excluding hydrogens is 262 g/mol. The summed E-state index contributed by atoms with van der Waals surface area (Å²) in [6.45, 7) is 0.415. The molecule has 2 aliphatic rings. The van der Waals surface area contributed by atoms with Crippen molar-refractivity contribution in [1.29, 1.82) is 0 Å². The highest BCUT2D eigenvalue weighted by atomic mass is 16.3. The fourth-order valence-corrected chi connectivity index (χ4v) is 3.88. The highest BCUT2D eigenvalue weighted by molar-refractivity contribution is 5.77. The van der Waals surface area contributed by atoms with Crippen LogP contribution in [0.4, 0.5) is 0 Å². The van der Waals surface area contributed by atoms with Gasteiger partial charge < -0.3 is 10.4 Å². The van der Waals surface area contributed by atoms with E-state index in [9.17, 15) is 9.90 Å². The van der Waals surface area contributed by atoms with Gasteiger partial charge in [-0.3, -0.25) is 4.79 Å². The van der Waals surface area contributed by atoms with Crippen molar-refractivity contribution in [3.05, 3.63) is 35.4 Å². The van der Waals surface area contributed by atoms with Gasteiger partial charge in [0, 0.05) is 13.0 Å². The summed E-state index contributed by atoms with van der Waals surface area (Å²) >= 11 is 0. The molecule has 3 nitrogen and oxygen atoms in total. The predicted molar refractivity (Wildman–Crippen MR) is 83.1 cm³/mol. The van der Waals surface area contributed by atoms with Crippen molar-refractivity contribution in [1.82, 2.24) is 5.32 Å². The summed E-state index contributed by atoms with van der Waals surface area (Å²) in [5.74, 6) is 0.816. The molecular formula is C18H25NO2. The van der Waals surface area contributed by atoms with Crippen LogP contribution in [0.2, 0.25) is 0 Å². The third-order valence-corrected chi connectivity index (χ3v) is 5.14. The maximum absolute atomic E-state index is 12.1. The van der Waals surface area contributed by atoms with Crippen LogP contribution in [-0.4, -0.2) is 23.7 Å². The van der Waals surface area contributed by atoms with Gasteiger partial charge in [-0.1, -0.05) is 37.1 Å². The Morgan fingerprint density at radius 3 is 2.81 bits per heavy atom. The molecule has 1 aromatic carbocycles. The summed E-state index contributed by atoms with van der Waals surface area (Å²) in [6, 6.07) is 8.43. The van der Waals surface area contributed by atoms with Crippen LogP contribution < -0.4 is 5.32 Å². The second kappa shape index (κ2) is 6.61. The Morgan fingerprint density at radius 1 is 1.24 bits per heavy atom. The summed E-state index contributed by atoms with van der Waals surface area (Å²) in [6.07, 6.45) is 6.97. The number of hydrogen-bond donors (Lipinski definition) is 2. The van der Waals surface area contributed by atoms with Crippen molar-refractivity contribution < 1.29 is 9.90 Å². The van der Waals surface area contributed by atoms with E-state index in [-0.39, 0.29) is 12.0 Å². The zero-order valence-corrected chi connectivity index (χ0v) is 12.6. The Morgan fingerprint density at radius 2 is 2.00 bits per heavy atom. The van der Waals surface area contributed by atoms with Gasteiger partial charge in [0.05, 0.1) is 6.10 Å². The zero-order valence-electron chi connectivity index (χ0n) is 12.6. The van der Waals surface area contributed by atoms with E-state index in [4.69, 9.17) is 0 Å². The average Bonchev–Trinajstić information content (AvgIpc) is 3.15. The molecule has 2 unspecified atom stereocenters. The third kappa shape index (κ3) is 3.46. The maximum Gasteiger partial charge on any atom is 0.220 e. The number of aliphatic hydroxyl groups excluding tert-OH is 1. The summed E-state index contributed by atoms with van der Waals surface area (Å²) in [5, 5.41) is 13.0. The molecule has 1 saturated carbocycles. The molecule has 0 heterocycles. The lowest BCUT2D eigenvalue weighted by Crippen LogP contribution is -2.36. The molecule has 0 radical (unpaired) electrons. The molecule has 21 heavy (non-hydrogen) atoms. The molecule has 2 aliphatic carbocycles. The van der Waals surface area contributed by atoms with Gasteiger partial charge in [-0.2, -0.15) is 0 Å². The number of aliphatic hydroxyl groups is 1. The van der Waals surface area contributed by atoms with Crippen molar-refractivity contribution in [2.75, 3.05) is 6.54 Å². The molecule has 0 saturated heterocycles. The summed E-state index contributed by atoms with van der Waals surface area (Å²) in [7, 11) is 0. The lowest BCUT2D eigenvalue weighted by atomic mass is 9.97. The first kappa shape index (κ1) is 14.6. The van der Waals surface area contributed by atoms with Crippen LogP contribution in [-0.2, 0) is 11.2 Å². The third-order valence-electron chi connectivity index (χ3n) is 5.14. The van der Waals surface area contributed by atoms with Gasteiger partial charge in [0.15, 0.2) is 0 Å². The van der Waals surface area contributed by atoms with Crippen LogP contribution >= 0.6 is 0 Å². The summed E-state index contributed by atoms with van der Waals surface area (Å²) in [5.41, 5.74) is 2.73. The van der Waals surface area contributed by atoms with Gasteiger partial charge >= 0.3 is 0 Å². The minimum atomic E-state index is -0.368. The maximum atomic E-state index is 12.1. The second-order valence-corrected chi connectivity index (χ2v) is 6.55. The molecule has 0 spiro atoms. The number of fused-ring (bicyclic) bond motifs is 1. The molecule has 114 valence electrons. The molecule has 2 atom stereocenters. The van der Waals surface area contributed by atoms with Gasteiger partial charge in [-0.25, -0.2) is 0 Å². The lowest BCUT2D eigenvalue weighted by Gasteiger charge is -2.19. The highest BCUT2D eigenvalue weighted by Gasteiger charge is 2.26. The van der Waals surface area contributed by atoms with E-state index in [0.717, 1.165) is 25.7 Å². The largest absolute Gasteiger partial charge is 0.391 e. The van der Waals surface area contributed by atoms with Gasteiger partial charge in [0.2, 0.25) is 5.91 Å². The van der Waals surface area contributed by atoms with Crippen LogP contribution in [0.5, 0.6) is 0 Å². The van der Waals surface area contributed by atoms with Crippen molar-refractivity contribution in [3.63, 3.8) is 0 Å². The topological polar surface area (TPSA) is 49.3 Å². The molecule has 3 heteroatoms. The number of aryl methyl sites for hydroxylation is 1. The fraction of sp³-hybridized carbons (Fsp3) is 0.611. The van der Waals surface area contributed by atoms with Crippen molar-refractivity contribution in [3.8, 4) is 0 Å². The standard InChI is InChI=1S/C18H25NO2/c20-17(14-6-1-2-7-14)12-19-18(21)11-15-10-9-13-5-3-4-8-16(13)15/h3-5,8,14-15,17,20H,1-2,6-7,9-12H2,(H,19,21). The second-order valence-electron chi connectivity index (χ2n) is 6.55. The number of amides is 1. The van der Waals surface area contributed by atoms with Crippen molar-refractivity contribution in [2.24, 2.45) is 5.92 Å². The number of nitrogens with one attached hydrogen (secondary N) is 1.